The average Bonchev–Trinajstić information content (AvgIpc) is 2.88. The molecular formula is C16H20O6S. The predicted octanol–water partition coefficient (Wildman–Crippen LogP) is 2.26. The fraction of sp³-hybridized carbons (Fsp3) is 0.562. The fourth-order valence-electron chi connectivity index (χ4n) is 3.31. The summed E-state index contributed by atoms with van der Waals surface area (Å²) in [6, 6.07) is 6.49. The van der Waals surface area contributed by atoms with E-state index in [9.17, 15) is 18.3 Å². The van der Waals surface area contributed by atoms with E-state index in [0.29, 0.717) is 18.4 Å². The van der Waals surface area contributed by atoms with Gasteiger partial charge in [-0.05, 0) is 31.4 Å². The Morgan fingerprint density at radius 1 is 1.17 bits per heavy atom. The van der Waals surface area contributed by atoms with Gasteiger partial charge in [-0.15, -0.1) is 0 Å². The molecular weight excluding hydrogens is 320 g/mol. The first-order valence-electron chi connectivity index (χ1n) is 7.74. The number of benzene rings is 1. The molecule has 1 heterocycles. The van der Waals surface area contributed by atoms with Crippen LogP contribution in [0, 0.1) is 6.92 Å². The normalized spacial score (nSPS) is 27.2. The van der Waals surface area contributed by atoms with Crippen molar-refractivity contribution >= 4 is 15.8 Å². The van der Waals surface area contributed by atoms with Crippen molar-refractivity contribution in [1.82, 2.24) is 0 Å². The summed E-state index contributed by atoms with van der Waals surface area (Å²) in [7, 11) is -3.97. The van der Waals surface area contributed by atoms with E-state index in [-0.39, 0.29) is 4.90 Å². The Bertz CT molecular complexity index is 705. The number of carbonyl (C=O) groups is 1. The SMILES string of the molecule is Cc1ccccc1S(=O)(=O)[C@@H]1OC2(CCCCC2)O[C@@H]1C(=O)O. The van der Waals surface area contributed by atoms with Gasteiger partial charge < -0.3 is 14.6 Å². The molecule has 2 fully saturated rings. The van der Waals surface area contributed by atoms with Crippen molar-refractivity contribution in [3.05, 3.63) is 29.8 Å². The van der Waals surface area contributed by atoms with E-state index in [1.165, 1.54) is 6.07 Å². The van der Waals surface area contributed by atoms with Crippen molar-refractivity contribution in [3.8, 4) is 0 Å². The van der Waals surface area contributed by atoms with Crippen LogP contribution in [0.3, 0.4) is 0 Å². The summed E-state index contributed by atoms with van der Waals surface area (Å²) < 4.78 is 37.2. The quantitative estimate of drug-likeness (QED) is 0.908. The van der Waals surface area contributed by atoms with Gasteiger partial charge >= 0.3 is 5.97 Å². The minimum Gasteiger partial charge on any atom is -0.479 e. The van der Waals surface area contributed by atoms with Crippen LogP contribution in [0.15, 0.2) is 29.2 Å². The molecule has 7 heteroatoms. The van der Waals surface area contributed by atoms with Gasteiger partial charge in [-0.3, -0.25) is 0 Å². The molecule has 0 bridgehead atoms. The Kier molecular flexibility index (Phi) is 4.20. The van der Waals surface area contributed by atoms with Gasteiger partial charge in [-0.2, -0.15) is 0 Å². The number of hydrogen-bond donors (Lipinski definition) is 1. The van der Waals surface area contributed by atoms with E-state index < -0.39 is 33.1 Å². The third-order valence-electron chi connectivity index (χ3n) is 4.48. The molecule has 0 aromatic heterocycles. The third-order valence-corrected chi connectivity index (χ3v) is 6.51. The lowest BCUT2D eigenvalue weighted by atomic mass is 9.94. The molecule has 1 spiro atoms. The summed E-state index contributed by atoms with van der Waals surface area (Å²) in [5.41, 5.74) is -0.955. The molecule has 1 saturated heterocycles. The Morgan fingerprint density at radius 3 is 2.43 bits per heavy atom. The zero-order chi connectivity index (χ0) is 16.7. The maximum atomic E-state index is 12.9. The third kappa shape index (κ3) is 2.88. The molecule has 0 unspecified atom stereocenters. The smallest absolute Gasteiger partial charge is 0.336 e. The summed E-state index contributed by atoms with van der Waals surface area (Å²) in [6.45, 7) is 1.68. The minimum atomic E-state index is -3.97. The summed E-state index contributed by atoms with van der Waals surface area (Å²) in [6.07, 6.45) is 2.24. The first-order chi connectivity index (χ1) is 10.9. The van der Waals surface area contributed by atoms with Crippen LogP contribution in [0.25, 0.3) is 0 Å². The van der Waals surface area contributed by atoms with E-state index >= 15 is 0 Å². The molecule has 1 N–H and O–H groups in total. The topological polar surface area (TPSA) is 89.9 Å². The second-order valence-corrected chi connectivity index (χ2v) is 8.14. The van der Waals surface area contributed by atoms with Gasteiger partial charge in [0.25, 0.3) is 0 Å². The standard InChI is InChI=1S/C16H20O6S/c1-11-7-3-4-8-12(11)23(19,20)15-13(14(17)18)21-16(22-15)9-5-2-6-10-16/h3-4,7-8,13,15H,2,5-6,9-10H2,1H3,(H,17,18)/t13-,15+/m1/s1. The highest BCUT2D eigenvalue weighted by molar-refractivity contribution is 7.92. The van der Waals surface area contributed by atoms with E-state index in [1.807, 2.05) is 0 Å². The lowest BCUT2D eigenvalue weighted by Gasteiger charge is -2.31. The molecule has 2 atom stereocenters. The zero-order valence-electron chi connectivity index (χ0n) is 12.9. The Balaban J connectivity index is 1.99. The van der Waals surface area contributed by atoms with E-state index in [0.717, 1.165) is 19.3 Å². The number of rotatable bonds is 3. The van der Waals surface area contributed by atoms with Crippen molar-refractivity contribution in [1.29, 1.82) is 0 Å². The second kappa shape index (κ2) is 5.89. The number of hydrogen-bond acceptors (Lipinski definition) is 5. The maximum absolute atomic E-state index is 12.9. The molecule has 1 saturated carbocycles. The lowest BCUT2D eigenvalue weighted by Crippen LogP contribution is -2.37. The largest absolute Gasteiger partial charge is 0.479 e. The molecule has 3 rings (SSSR count). The molecule has 1 aliphatic carbocycles. The molecule has 126 valence electrons. The number of aryl methyl sites for hydroxylation is 1. The highest BCUT2D eigenvalue weighted by Crippen LogP contribution is 2.43. The molecule has 0 radical (unpaired) electrons. The number of sulfone groups is 1. The van der Waals surface area contributed by atoms with Gasteiger partial charge in [0.2, 0.25) is 15.3 Å². The molecule has 23 heavy (non-hydrogen) atoms. The number of ether oxygens (including phenoxy) is 2. The van der Waals surface area contributed by atoms with Crippen LogP contribution in [-0.4, -0.2) is 36.8 Å². The first kappa shape index (κ1) is 16.4. The van der Waals surface area contributed by atoms with Crippen LogP contribution in [0.2, 0.25) is 0 Å². The lowest BCUT2D eigenvalue weighted by molar-refractivity contribution is -0.195. The number of aliphatic carboxylic acids is 1. The molecule has 1 aliphatic heterocycles. The van der Waals surface area contributed by atoms with Gasteiger partial charge in [-0.1, -0.05) is 24.6 Å². The fourth-order valence-corrected chi connectivity index (χ4v) is 5.14. The van der Waals surface area contributed by atoms with Crippen molar-refractivity contribution in [2.24, 2.45) is 0 Å². The predicted molar refractivity (Wildman–Crippen MR) is 81.6 cm³/mol. The van der Waals surface area contributed by atoms with Crippen molar-refractivity contribution in [3.63, 3.8) is 0 Å². The molecule has 6 nitrogen and oxygen atoms in total. The first-order valence-corrected chi connectivity index (χ1v) is 9.28. The Morgan fingerprint density at radius 2 is 1.83 bits per heavy atom. The Labute approximate surface area is 135 Å². The minimum absolute atomic E-state index is 0.0905. The highest BCUT2D eigenvalue weighted by Gasteiger charge is 2.56. The van der Waals surface area contributed by atoms with Gasteiger partial charge in [0.15, 0.2) is 11.9 Å². The number of carboxylic acid groups (broad SMARTS) is 1. The maximum Gasteiger partial charge on any atom is 0.336 e. The van der Waals surface area contributed by atoms with E-state index in [1.54, 1.807) is 25.1 Å². The van der Waals surface area contributed by atoms with Gasteiger partial charge in [-0.25, -0.2) is 13.2 Å². The monoisotopic (exact) mass is 340 g/mol. The molecule has 0 amide bonds. The van der Waals surface area contributed by atoms with Gasteiger partial charge in [0, 0.05) is 12.8 Å². The van der Waals surface area contributed by atoms with E-state index in [2.05, 4.69) is 0 Å². The summed E-state index contributed by atoms with van der Waals surface area (Å²) in [5.74, 6) is -2.39. The summed E-state index contributed by atoms with van der Waals surface area (Å²) in [5, 5.41) is 9.41. The van der Waals surface area contributed by atoms with Crippen LogP contribution in [0.4, 0.5) is 0 Å². The molecule has 1 aromatic rings. The van der Waals surface area contributed by atoms with Crippen LogP contribution >= 0.6 is 0 Å². The zero-order valence-corrected chi connectivity index (χ0v) is 13.7. The Hall–Kier alpha value is -1.44. The van der Waals surface area contributed by atoms with Gasteiger partial charge in [0.05, 0.1) is 4.90 Å². The van der Waals surface area contributed by atoms with Crippen LogP contribution < -0.4 is 0 Å². The van der Waals surface area contributed by atoms with Crippen molar-refractivity contribution in [2.45, 2.75) is 61.3 Å². The highest BCUT2D eigenvalue weighted by atomic mass is 32.2. The van der Waals surface area contributed by atoms with E-state index in [4.69, 9.17) is 9.47 Å². The molecule has 1 aromatic carbocycles. The van der Waals surface area contributed by atoms with Crippen LogP contribution in [0.1, 0.15) is 37.7 Å². The molecule has 2 aliphatic rings. The summed E-state index contributed by atoms with van der Waals surface area (Å²) in [4.78, 5) is 11.6. The van der Waals surface area contributed by atoms with Crippen LogP contribution in [0.5, 0.6) is 0 Å². The van der Waals surface area contributed by atoms with Crippen molar-refractivity contribution in [2.75, 3.05) is 0 Å². The number of carboxylic acids is 1. The average molecular weight is 340 g/mol. The summed E-state index contributed by atoms with van der Waals surface area (Å²) >= 11 is 0. The van der Waals surface area contributed by atoms with Crippen molar-refractivity contribution < 1.29 is 27.8 Å². The van der Waals surface area contributed by atoms with Crippen LogP contribution in [-0.2, 0) is 24.1 Å². The second-order valence-electron chi connectivity index (χ2n) is 6.14. The van der Waals surface area contributed by atoms with Gasteiger partial charge in [0.1, 0.15) is 0 Å².